The molecule has 0 atom stereocenters. The quantitative estimate of drug-likeness (QED) is 0.452. The highest BCUT2D eigenvalue weighted by molar-refractivity contribution is 6.16. The Balaban J connectivity index is 2.22. The van der Waals surface area contributed by atoms with Crippen LogP contribution in [0.2, 0.25) is 0 Å². The van der Waals surface area contributed by atoms with E-state index in [9.17, 15) is 14.4 Å². The van der Waals surface area contributed by atoms with Gasteiger partial charge in [0.05, 0.1) is 24.4 Å². The molecule has 1 aliphatic rings. The Labute approximate surface area is 182 Å². The zero-order valence-electron chi connectivity index (χ0n) is 18.7. The topological polar surface area (TPSA) is 94.2 Å². The molecule has 1 aliphatic heterocycles. The summed E-state index contributed by atoms with van der Waals surface area (Å²) in [6, 6.07) is 6.97. The molecule has 8 nitrogen and oxygen atoms in total. The summed E-state index contributed by atoms with van der Waals surface area (Å²) in [5.74, 6) is -0.481. The summed E-state index contributed by atoms with van der Waals surface area (Å²) in [5.41, 5.74) is 1.79. The molecule has 2 rings (SSSR count). The van der Waals surface area contributed by atoms with Crippen molar-refractivity contribution in [3.63, 3.8) is 0 Å². The van der Waals surface area contributed by atoms with Gasteiger partial charge in [-0.1, -0.05) is 12.1 Å². The van der Waals surface area contributed by atoms with Crippen LogP contribution in [-0.2, 0) is 23.9 Å². The molecular formula is C23H30N2O6. The van der Waals surface area contributed by atoms with Crippen LogP contribution < -0.4 is 10.1 Å². The molecule has 168 valence electrons. The van der Waals surface area contributed by atoms with E-state index in [1.54, 1.807) is 51.3 Å². The molecule has 0 saturated heterocycles. The van der Waals surface area contributed by atoms with Crippen molar-refractivity contribution in [2.45, 2.75) is 33.7 Å². The zero-order chi connectivity index (χ0) is 23.0. The molecule has 8 heteroatoms. The molecule has 31 heavy (non-hydrogen) atoms. The van der Waals surface area contributed by atoms with E-state index < -0.39 is 5.97 Å². The second-order valence-electron chi connectivity index (χ2n) is 7.27. The number of carbonyl (C=O) groups is 3. The fraction of sp³-hybridized carbons (Fsp3) is 0.435. The van der Waals surface area contributed by atoms with Crippen molar-refractivity contribution in [3.8, 4) is 5.75 Å². The lowest BCUT2D eigenvalue weighted by Crippen LogP contribution is -2.34. The maximum absolute atomic E-state index is 13.0. The average Bonchev–Trinajstić information content (AvgIpc) is 2.95. The van der Waals surface area contributed by atoms with Gasteiger partial charge in [-0.3, -0.25) is 9.59 Å². The standard InChI is InChI=1S/C23H30N2O6/c1-6-30-23(28)21-16(4)25(11-12-29-5)22(27)19(21)13-17-7-9-18(10-8-17)31-14-20(26)24-15(2)3/h7-10,13,15H,6,11-12,14H2,1-5H3,(H,24,26). The second-order valence-corrected chi connectivity index (χ2v) is 7.27. The summed E-state index contributed by atoms with van der Waals surface area (Å²) in [7, 11) is 1.55. The Hall–Kier alpha value is -3.13. The first-order chi connectivity index (χ1) is 14.8. The van der Waals surface area contributed by atoms with Crippen LogP contribution in [0.15, 0.2) is 41.1 Å². The summed E-state index contributed by atoms with van der Waals surface area (Å²) < 4.78 is 15.7. The summed E-state index contributed by atoms with van der Waals surface area (Å²) in [6.45, 7) is 8.02. The fourth-order valence-corrected chi connectivity index (χ4v) is 3.12. The number of hydrogen-bond acceptors (Lipinski definition) is 6. The number of benzene rings is 1. The summed E-state index contributed by atoms with van der Waals surface area (Å²) in [5, 5.41) is 2.75. The molecule has 1 heterocycles. The lowest BCUT2D eigenvalue weighted by molar-refractivity contribution is -0.138. The minimum absolute atomic E-state index is 0.0441. The number of amides is 2. The van der Waals surface area contributed by atoms with Gasteiger partial charge in [-0.05, 0) is 51.5 Å². The number of carbonyl (C=O) groups excluding carboxylic acids is 3. The van der Waals surface area contributed by atoms with Crippen LogP contribution in [0.5, 0.6) is 5.75 Å². The van der Waals surface area contributed by atoms with Crippen LogP contribution in [0.3, 0.4) is 0 Å². The van der Waals surface area contributed by atoms with Crippen LogP contribution in [0.25, 0.3) is 6.08 Å². The summed E-state index contributed by atoms with van der Waals surface area (Å²) in [4.78, 5) is 38.7. The van der Waals surface area contributed by atoms with Gasteiger partial charge in [0, 0.05) is 25.4 Å². The third-order valence-electron chi connectivity index (χ3n) is 4.52. The van der Waals surface area contributed by atoms with Gasteiger partial charge in [0.25, 0.3) is 11.8 Å². The number of allylic oxidation sites excluding steroid dienone is 1. The number of ether oxygens (including phenoxy) is 3. The smallest absolute Gasteiger partial charge is 0.340 e. The molecule has 1 aromatic rings. The van der Waals surface area contributed by atoms with Crippen molar-refractivity contribution in [1.82, 2.24) is 10.2 Å². The Kier molecular flexibility index (Phi) is 8.81. The minimum atomic E-state index is -0.532. The van der Waals surface area contributed by atoms with E-state index in [4.69, 9.17) is 14.2 Å². The summed E-state index contributed by atoms with van der Waals surface area (Å²) in [6.07, 6.45) is 1.65. The minimum Gasteiger partial charge on any atom is -0.484 e. The molecule has 0 aromatic heterocycles. The highest BCUT2D eigenvalue weighted by atomic mass is 16.5. The Morgan fingerprint density at radius 3 is 2.45 bits per heavy atom. The van der Waals surface area contributed by atoms with E-state index in [1.807, 2.05) is 13.8 Å². The third kappa shape index (κ3) is 6.42. The summed E-state index contributed by atoms with van der Waals surface area (Å²) >= 11 is 0. The SMILES string of the molecule is CCOC(=O)C1=C(C)N(CCOC)C(=O)C1=Cc1ccc(OCC(=O)NC(C)C)cc1. The predicted octanol–water partition coefficient (Wildman–Crippen LogP) is 2.30. The lowest BCUT2D eigenvalue weighted by atomic mass is 10.0. The van der Waals surface area contributed by atoms with Gasteiger partial charge in [0.2, 0.25) is 0 Å². The first-order valence-corrected chi connectivity index (χ1v) is 10.2. The van der Waals surface area contributed by atoms with Crippen molar-refractivity contribution in [1.29, 1.82) is 0 Å². The zero-order valence-corrected chi connectivity index (χ0v) is 18.7. The van der Waals surface area contributed by atoms with Crippen molar-refractivity contribution < 1.29 is 28.6 Å². The number of nitrogens with zero attached hydrogens (tertiary/aromatic N) is 1. The van der Waals surface area contributed by atoms with Gasteiger partial charge < -0.3 is 24.4 Å². The van der Waals surface area contributed by atoms with Crippen LogP contribution in [-0.4, -0.2) is 62.2 Å². The first kappa shape index (κ1) is 24.1. The van der Waals surface area contributed by atoms with Crippen molar-refractivity contribution in [3.05, 3.63) is 46.7 Å². The van der Waals surface area contributed by atoms with Crippen LogP contribution in [0.1, 0.15) is 33.3 Å². The van der Waals surface area contributed by atoms with Gasteiger partial charge in [-0.2, -0.15) is 0 Å². The highest BCUT2D eigenvalue weighted by Crippen LogP contribution is 2.31. The van der Waals surface area contributed by atoms with Gasteiger partial charge in [-0.25, -0.2) is 4.79 Å². The third-order valence-corrected chi connectivity index (χ3v) is 4.52. The maximum atomic E-state index is 13.0. The van der Waals surface area contributed by atoms with E-state index in [1.165, 1.54) is 4.90 Å². The predicted molar refractivity (Wildman–Crippen MR) is 116 cm³/mol. The van der Waals surface area contributed by atoms with E-state index >= 15 is 0 Å². The number of rotatable bonds is 10. The Morgan fingerprint density at radius 2 is 1.87 bits per heavy atom. The monoisotopic (exact) mass is 430 g/mol. The Bertz CT molecular complexity index is 871. The average molecular weight is 431 g/mol. The van der Waals surface area contributed by atoms with E-state index in [-0.39, 0.29) is 42.2 Å². The number of methoxy groups -OCH3 is 1. The van der Waals surface area contributed by atoms with Gasteiger partial charge in [0.15, 0.2) is 6.61 Å². The second kappa shape index (κ2) is 11.3. The number of nitrogens with one attached hydrogen (secondary N) is 1. The normalized spacial score (nSPS) is 15.1. The number of esters is 1. The molecule has 0 saturated carbocycles. The van der Waals surface area contributed by atoms with E-state index in [0.29, 0.717) is 30.2 Å². The highest BCUT2D eigenvalue weighted by Gasteiger charge is 2.36. The van der Waals surface area contributed by atoms with Crippen LogP contribution >= 0.6 is 0 Å². The molecule has 2 amide bonds. The van der Waals surface area contributed by atoms with Crippen molar-refractivity contribution in [2.24, 2.45) is 0 Å². The van der Waals surface area contributed by atoms with Gasteiger partial charge in [-0.15, -0.1) is 0 Å². The molecule has 0 fully saturated rings. The Morgan fingerprint density at radius 1 is 1.19 bits per heavy atom. The molecule has 0 bridgehead atoms. The molecular weight excluding hydrogens is 400 g/mol. The first-order valence-electron chi connectivity index (χ1n) is 10.2. The van der Waals surface area contributed by atoms with Crippen molar-refractivity contribution >= 4 is 23.9 Å². The van der Waals surface area contributed by atoms with E-state index in [0.717, 1.165) is 0 Å². The van der Waals surface area contributed by atoms with Gasteiger partial charge >= 0.3 is 5.97 Å². The number of hydrogen-bond donors (Lipinski definition) is 1. The van der Waals surface area contributed by atoms with Gasteiger partial charge in [0.1, 0.15) is 5.75 Å². The molecule has 0 unspecified atom stereocenters. The largest absolute Gasteiger partial charge is 0.484 e. The van der Waals surface area contributed by atoms with Crippen molar-refractivity contribution in [2.75, 3.05) is 33.5 Å². The van der Waals surface area contributed by atoms with Crippen LogP contribution in [0, 0.1) is 0 Å². The molecule has 1 aromatic carbocycles. The van der Waals surface area contributed by atoms with Crippen LogP contribution in [0.4, 0.5) is 0 Å². The molecule has 0 aliphatic carbocycles. The molecule has 1 N–H and O–H groups in total. The van der Waals surface area contributed by atoms with E-state index in [2.05, 4.69) is 5.32 Å². The molecule has 0 spiro atoms. The fourth-order valence-electron chi connectivity index (χ4n) is 3.12. The lowest BCUT2D eigenvalue weighted by Gasteiger charge is -2.16. The molecule has 0 radical (unpaired) electrons. The maximum Gasteiger partial charge on any atom is 0.340 e.